The van der Waals surface area contributed by atoms with Gasteiger partial charge in [0.05, 0.1) is 32.8 Å². The van der Waals surface area contributed by atoms with Gasteiger partial charge in [-0.15, -0.1) is 0 Å². The minimum atomic E-state index is -0.714. The van der Waals surface area contributed by atoms with Gasteiger partial charge in [0.2, 0.25) is 5.28 Å². The van der Waals surface area contributed by atoms with Crippen LogP contribution in [0.5, 0.6) is 0 Å². The molecule has 2 aliphatic heterocycles. The van der Waals surface area contributed by atoms with Crippen LogP contribution in [-0.4, -0.2) is 50.5 Å². The summed E-state index contributed by atoms with van der Waals surface area (Å²) < 4.78 is 27.5. The molecule has 0 radical (unpaired) electrons. The zero-order valence-electron chi connectivity index (χ0n) is 19.3. The molecule has 2 saturated heterocycles. The molecule has 4 atom stereocenters. The van der Waals surface area contributed by atoms with Crippen LogP contribution in [0.1, 0.15) is 23.8 Å². The fraction of sp³-hybridized carbons (Fsp3) is 0.346. The molecule has 2 aromatic carbocycles. The molecular weight excluding hydrogens is 503 g/mol. The van der Waals surface area contributed by atoms with E-state index in [1.807, 2.05) is 60.7 Å². The molecule has 10 heteroatoms. The smallest absolute Gasteiger partial charge is 0.225 e. The number of imidazole rings is 1. The average molecular weight is 527 g/mol. The quantitative estimate of drug-likeness (QED) is 0.236. The van der Waals surface area contributed by atoms with Crippen molar-refractivity contribution in [2.45, 2.75) is 43.7 Å². The van der Waals surface area contributed by atoms with Crippen LogP contribution in [0.2, 0.25) is 10.4 Å². The summed E-state index contributed by atoms with van der Waals surface area (Å²) in [6, 6.07) is 20.1. The Balaban J connectivity index is 1.31. The molecule has 0 amide bonds. The van der Waals surface area contributed by atoms with Gasteiger partial charge in [-0.2, -0.15) is 4.98 Å². The summed E-state index contributed by atoms with van der Waals surface area (Å²) in [4.78, 5) is 12.8. The highest BCUT2D eigenvalue weighted by molar-refractivity contribution is 6.35. The first-order valence-corrected chi connectivity index (χ1v) is 12.5. The number of aromatic nitrogens is 4. The third kappa shape index (κ3) is 4.49. The van der Waals surface area contributed by atoms with Crippen LogP contribution >= 0.6 is 23.2 Å². The molecule has 36 heavy (non-hydrogen) atoms. The Kier molecular flexibility index (Phi) is 6.64. The van der Waals surface area contributed by atoms with Crippen LogP contribution in [0.3, 0.4) is 0 Å². The minimum absolute atomic E-state index is 0.0360. The third-order valence-corrected chi connectivity index (χ3v) is 7.08. The largest absolute Gasteiger partial charge is 0.374 e. The molecule has 2 unspecified atom stereocenters. The van der Waals surface area contributed by atoms with E-state index in [-0.39, 0.29) is 16.5 Å². The van der Waals surface area contributed by atoms with Gasteiger partial charge < -0.3 is 18.9 Å². The summed E-state index contributed by atoms with van der Waals surface area (Å²) in [5, 5.41) is 0.220. The van der Waals surface area contributed by atoms with Crippen LogP contribution in [0, 0.1) is 0 Å². The van der Waals surface area contributed by atoms with Gasteiger partial charge >= 0.3 is 0 Å². The standard InChI is InChI=1S/C26H24Cl2N4O4/c27-22-19-23(31-25(28)30-22)32(16-29-19)24-20-21(35-14-18-9-5-2-6-10-18)26(36-24,11-12-34-20)15-33-13-17-7-3-1-4-8-17/h1-10,16,20-21,24H,11-15H2/t20?,21?,24-,26+/m1/s1. The number of halogens is 2. The van der Waals surface area contributed by atoms with Gasteiger partial charge in [0.25, 0.3) is 0 Å². The Morgan fingerprint density at radius 1 is 0.972 bits per heavy atom. The first kappa shape index (κ1) is 23.8. The van der Waals surface area contributed by atoms with Gasteiger partial charge in [0.1, 0.15) is 23.3 Å². The zero-order valence-corrected chi connectivity index (χ0v) is 20.8. The van der Waals surface area contributed by atoms with E-state index >= 15 is 0 Å². The van der Waals surface area contributed by atoms with E-state index in [0.717, 1.165) is 11.1 Å². The predicted octanol–water partition coefficient (Wildman–Crippen LogP) is 4.99. The second kappa shape index (κ2) is 10.0. The highest BCUT2D eigenvalue weighted by atomic mass is 35.5. The van der Waals surface area contributed by atoms with E-state index in [2.05, 4.69) is 15.0 Å². The Hall–Kier alpha value is -2.59. The van der Waals surface area contributed by atoms with Crippen LogP contribution in [0.25, 0.3) is 11.2 Å². The van der Waals surface area contributed by atoms with Gasteiger partial charge in [-0.1, -0.05) is 72.3 Å². The highest BCUT2D eigenvalue weighted by Crippen LogP contribution is 2.47. The van der Waals surface area contributed by atoms with E-state index in [9.17, 15) is 0 Å². The molecule has 0 saturated carbocycles. The Bertz CT molecular complexity index is 1340. The van der Waals surface area contributed by atoms with E-state index in [1.165, 1.54) is 0 Å². The molecule has 4 heterocycles. The summed E-state index contributed by atoms with van der Waals surface area (Å²) in [6.07, 6.45) is 0.909. The molecule has 0 N–H and O–H groups in total. The summed E-state index contributed by atoms with van der Waals surface area (Å²) in [5.74, 6) is 0. The maximum absolute atomic E-state index is 6.75. The molecule has 2 aliphatic rings. The van der Waals surface area contributed by atoms with Crippen molar-refractivity contribution in [1.29, 1.82) is 0 Å². The molecule has 6 rings (SSSR count). The molecule has 2 fully saturated rings. The van der Waals surface area contributed by atoms with Gasteiger partial charge in [-0.05, 0) is 22.7 Å². The van der Waals surface area contributed by atoms with E-state index < -0.39 is 17.9 Å². The number of benzene rings is 2. The fourth-order valence-electron chi connectivity index (χ4n) is 4.93. The topological polar surface area (TPSA) is 80.5 Å². The van der Waals surface area contributed by atoms with E-state index in [0.29, 0.717) is 44.0 Å². The van der Waals surface area contributed by atoms with Crippen molar-refractivity contribution in [2.24, 2.45) is 0 Å². The van der Waals surface area contributed by atoms with Crippen molar-refractivity contribution in [3.8, 4) is 0 Å². The lowest BCUT2D eigenvalue weighted by atomic mass is 9.90. The first-order chi connectivity index (χ1) is 17.6. The van der Waals surface area contributed by atoms with Crippen LogP contribution in [-0.2, 0) is 32.2 Å². The third-order valence-electron chi connectivity index (χ3n) is 6.65. The number of nitrogens with zero attached hydrogens (tertiary/aromatic N) is 4. The van der Waals surface area contributed by atoms with Crippen LogP contribution in [0.15, 0.2) is 67.0 Å². The minimum Gasteiger partial charge on any atom is -0.374 e. The first-order valence-electron chi connectivity index (χ1n) is 11.8. The summed E-state index contributed by atoms with van der Waals surface area (Å²) in [5.41, 5.74) is 2.37. The second-order valence-electron chi connectivity index (χ2n) is 8.96. The number of ether oxygens (including phenoxy) is 4. The molecule has 0 aliphatic carbocycles. The van der Waals surface area contributed by atoms with Crippen molar-refractivity contribution in [2.75, 3.05) is 13.2 Å². The Labute approximate surface area is 218 Å². The summed E-state index contributed by atoms with van der Waals surface area (Å²) in [7, 11) is 0. The molecule has 2 bridgehead atoms. The number of rotatable bonds is 8. The van der Waals surface area contributed by atoms with Gasteiger partial charge in [0.15, 0.2) is 17.0 Å². The number of hydrogen-bond acceptors (Lipinski definition) is 7. The number of hydrogen-bond donors (Lipinski definition) is 0. The van der Waals surface area contributed by atoms with Gasteiger partial charge in [-0.25, -0.2) is 9.97 Å². The van der Waals surface area contributed by atoms with Gasteiger partial charge in [0, 0.05) is 6.42 Å². The molecule has 2 aromatic heterocycles. The van der Waals surface area contributed by atoms with E-state index in [4.69, 9.17) is 42.1 Å². The second-order valence-corrected chi connectivity index (χ2v) is 9.66. The maximum Gasteiger partial charge on any atom is 0.225 e. The maximum atomic E-state index is 6.75. The summed E-state index contributed by atoms with van der Waals surface area (Å²) >= 11 is 12.4. The summed E-state index contributed by atoms with van der Waals surface area (Å²) in [6.45, 7) is 1.76. The lowest BCUT2D eigenvalue weighted by molar-refractivity contribution is -0.178. The van der Waals surface area contributed by atoms with Crippen molar-refractivity contribution in [3.63, 3.8) is 0 Å². The van der Waals surface area contributed by atoms with Crippen LogP contribution < -0.4 is 0 Å². The van der Waals surface area contributed by atoms with Crippen molar-refractivity contribution in [1.82, 2.24) is 19.5 Å². The number of fused-ring (bicyclic) bond motifs is 3. The van der Waals surface area contributed by atoms with Gasteiger partial charge in [-0.3, -0.25) is 4.57 Å². The lowest BCUT2D eigenvalue weighted by Crippen LogP contribution is -2.53. The zero-order chi connectivity index (χ0) is 24.5. The predicted molar refractivity (Wildman–Crippen MR) is 134 cm³/mol. The molecule has 186 valence electrons. The Morgan fingerprint density at radius 3 is 2.44 bits per heavy atom. The normalized spacial score (nSPS) is 25.4. The monoisotopic (exact) mass is 526 g/mol. The highest BCUT2D eigenvalue weighted by Gasteiger charge is 2.60. The fourth-order valence-corrected chi connectivity index (χ4v) is 5.35. The molecule has 0 spiro atoms. The molecule has 4 aromatic rings. The van der Waals surface area contributed by atoms with Crippen LogP contribution in [0.4, 0.5) is 0 Å². The van der Waals surface area contributed by atoms with Crippen molar-refractivity contribution < 1.29 is 18.9 Å². The molecular formula is C26H24Cl2N4O4. The SMILES string of the molecule is Clc1nc(Cl)c2ncn([C@@H]3O[C@]4(COCc5ccccc5)CCOC3C4OCc3ccccc3)c2n1. The lowest BCUT2D eigenvalue weighted by Gasteiger charge is -2.38. The van der Waals surface area contributed by atoms with E-state index in [1.54, 1.807) is 10.9 Å². The van der Waals surface area contributed by atoms with Crippen molar-refractivity contribution in [3.05, 3.63) is 88.6 Å². The van der Waals surface area contributed by atoms with Crippen molar-refractivity contribution >= 4 is 34.4 Å². The average Bonchev–Trinajstić information content (AvgIpc) is 3.38. The molecule has 8 nitrogen and oxygen atoms in total. The Morgan fingerprint density at radius 2 is 1.69 bits per heavy atom.